The van der Waals surface area contributed by atoms with Crippen molar-refractivity contribution in [3.63, 3.8) is 0 Å². The van der Waals surface area contributed by atoms with E-state index in [1.165, 1.54) is 0 Å². The first kappa shape index (κ1) is 17.0. The van der Waals surface area contributed by atoms with Gasteiger partial charge in [0.05, 0.1) is 31.2 Å². The average Bonchev–Trinajstić information content (AvgIpc) is 3.16. The molecule has 0 bridgehead atoms. The average molecular weight is 361 g/mol. The van der Waals surface area contributed by atoms with Gasteiger partial charge in [-0.3, -0.25) is 0 Å². The van der Waals surface area contributed by atoms with Crippen LogP contribution < -0.4 is 9.47 Å². The van der Waals surface area contributed by atoms with Crippen molar-refractivity contribution in [2.75, 3.05) is 13.7 Å². The van der Waals surface area contributed by atoms with Gasteiger partial charge >= 0.3 is 0 Å². The highest BCUT2D eigenvalue weighted by Crippen LogP contribution is 2.30. The number of methoxy groups -OCH3 is 1. The molecule has 0 spiro atoms. The fourth-order valence-electron chi connectivity index (χ4n) is 2.86. The Hall–Kier alpha value is -3.41. The molecule has 0 fully saturated rings. The van der Waals surface area contributed by atoms with E-state index >= 15 is 0 Å². The molecule has 2 aromatic carbocycles. The lowest BCUT2D eigenvalue weighted by Gasteiger charge is -2.08. The zero-order chi connectivity index (χ0) is 18.6. The number of para-hydroxylation sites is 1. The number of nitrogens with zero attached hydrogens (tertiary/aromatic N) is 3. The van der Waals surface area contributed by atoms with Crippen LogP contribution in [0.25, 0.3) is 22.3 Å². The van der Waals surface area contributed by atoms with Crippen molar-refractivity contribution in [3.05, 3.63) is 66.1 Å². The highest BCUT2D eigenvalue weighted by Gasteiger charge is 2.16. The van der Waals surface area contributed by atoms with E-state index in [2.05, 4.69) is 15.1 Å². The van der Waals surface area contributed by atoms with Gasteiger partial charge in [-0.05, 0) is 36.8 Å². The van der Waals surface area contributed by atoms with Crippen LogP contribution in [0.1, 0.15) is 18.4 Å². The van der Waals surface area contributed by atoms with Gasteiger partial charge in [0, 0.05) is 5.39 Å². The summed E-state index contributed by atoms with van der Waals surface area (Å²) in [5, 5.41) is 5.13. The topological polar surface area (TPSA) is 70.3 Å². The minimum Gasteiger partial charge on any atom is -0.497 e. The molecule has 0 aliphatic rings. The molecular weight excluding hydrogens is 342 g/mol. The van der Waals surface area contributed by atoms with Crippen molar-refractivity contribution in [1.29, 1.82) is 0 Å². The molecule has 0 unspecified atom stereocenters. The van der Waals surface area contributed by atoms with Crippen LogP contribution in [0.15, 0.2) is 59.1 Å². The molecule has 0 saturated heterocycles. The normalized spacial score (nSPS) is 10.9. The van der Waals surface area contributed by atoms with Crippen LogP contribution in [0.5, 0.6) is 11.6 Å². The van der Waals surface area contributed by atoms with Crippen LogP contribution in [0.4, 0.5) is 0 Å². The molecule has 0 amide bonds. The molecule has 6 heteroatoms. The number of fused-ring (bicyclic) bond motifs is 1. The Bertz CT molecular complexity index is 1060. The third-order valence-corrected chi connectivity index (χ3v) is 4.19. The van der Waals surface area contributed by atoms with Crippen molar-refractivity contribution in [3.8, 4) is 23.0 Å². The second-order valence-corrected chi connectivity index (χ2v) is 6.00. The van der Waals surface area contributed by atoms with Gasteiger partial charge in [-0.15, -0.1) is 0 Å². The molecule has 6 nitrogen and oxygen atoms in total. The summed E-state index contributed by atoms with van der Waals surface area (Å²) in [6.07, 6.45) is 0.544. The van der Waals surface area contributed by atoms with Gasteiger partial charge in [0.2, 0.25) is 17.6 Å². The van der Waals surface area contributed by atoms with E-state index in [-0.39, 0.29) is 0 Å². The summed E-state index contributed by atoms with van der Waals surface area (Å²) in [7, 11) is 1.65. The van der Waals surface area contributed by atoms with Gasteiger partial charge in [0.25, 0.3) is 0 Å². The van der Waals surface area contributed by atoms with E-state index in [1.807, 2.05) is 61.5 Å². The third kappa shape index (κ3) is 3.60. The molecule has 0 atom stereocenters. The molecule has 0 radical (unpaired) electrons. The maximum atomic E-state index is 5.71. The maximum Gasteiger partial charge on any atom is 0.231 e. The molecule has 136 valence electrons. The van der Waals surface area contributed by atoms with Crippen molar-refractivity contribution < 1.29 is 14.0 Å². The Balaban J connectivity index is 1.66. The lowest BCUT2D eigenvalue weighted by Crippen LogP contribution is -1.98. The summed E-state index contributed by atoms with van der Waals surface area (Å²) in [6, 6.07) is 17.6. The quantitative estimate of drug-likeness (QED) is 0.510. The molecule has 27 heavy (non-hydrogen) atoms. The molecule has 2 heterocycles. The highest BCUT2D eigenvalue weighted by molar-refractivity contribution is 5.84. The van der Waals surface area contributed by atoms with Crippen LogP contribution in [-0.2, 0) is 6.42 Å². The zero-order valence-corrected chi connectivity index (χ0v) is 15.2. The van der Waals surface area contributed by atoms with E-state index in [9.17, 15) is 0 Å². The van der Waals surface area contributed by atoms with Gasteiger partial charge in [-0.25, -0.2) is 4.98 Å². The van der Waals surface area contributed by atoms with E-state index in [0.717, 1.165) is 27.8 Å². The number of aromatic nitrogens is 3. The third-order valence-electron chi connectivity index (χ3n) is 4.19. The Morgan fingerprint density at radius 1 is 1.00 bits per heavy atom. The van der Waals surface area contributed by atoms with Gasteiger partial charge < -0.3 is 14.0 Å². The lowest BCUT2D eigenvalue weighted by atomic mass is 10.1. The number of ether oxygens (including phenoxy) is 2. The molecule has 2 aromatic heterocycles. The predicted molar refractivity (Wildman–Crippen MR) is 102 cm³/mol. The van der Waals surface area contributed by atoms with Crippen molar-refractivity contribution >= 4 is 10.9 Å². The number of hydrogen-bond donors (Lipinski definition) is 0. The molecule has 0 aliphatic carbocycles. The highest BCUT2D eigenvalue weighted by atomic mass is 16.5. The monoisotopic (exact) mass is 361 g/mol. The minimum atomic E-state index is 0.472. The minimum absolute atomic E-state index is 0.472. The lowest BCUT2D eigenvalue weighted by molar-refractivity contribution is 0.329. The molecule has 4 rings (SSSR count). The van der Waals surface area contributed by atoms with Crippen molar-refractivity contribution in [1.82, 2.24) is 15.1 Å². The molecule has 0 N–H and O–H groups in total. The number of rotatable bonds is 6. The van der Waals surface area contributed by atoms with Gasteiger partial charge in [-0.2, -0.15) is 4.98 Å². The number of pyridine rings is 1. The van der Waals surface area contributed by atoms with Crippen LogP contribution in [0.2, 0.25) is 0 Å². The Labute approximate surface area is 156 Å². The second kappa shape index (κ2) is 7.45. The van der Waals surface area contributed by atoms with Crippen molar-refractivity contribution in [2.24, 2.45) is 0 Å². The number of benzene rings is 2. The molecule has 0 aliphatic heterocycles. The smallest absolute Gasteiger partial charge is 0.231 e. The van der Waals surface area contributed by atoms with E-state index in [4.69, 9.17) is 14.0 Å². The molecular formula is C21H19N3O3. The van der Waals surface area contributed by atoms with Crippen LogP contribution >= 0.6 is 0 Å². The standard InChI is InChI=1S/C21H19N3O3/c1-3-26-21-17(13-15-6-4-5-7-18(15)22-21)20-23-19(27-24-20)12-14-8-10-16(25-2)11-9-14/h4-11,13H,3,12H2,1-2H3. The van der Waals surface area contributed by atoms with Gasteiger partial charge in [0.15, 0.2) is 0 Å². The second-order valence-electron chi connectivity index (χ2n) is 6.00. The first-order chi connectivity index (χ1) is 13.3. The first-order valence-corrected chi connectivity index (χ1v) is 8.75. The maximum absolute atomic E-state index is 5.71. The fraction of sp³-hybridized carbons (Fsp3) is 0.190. The summed E-state index contributed by atoms with van der Waals surface area (Å²) in [6.45, 7) is 2.43. The van der Waals surface area contributed by atoms with E-state index < -0.39 is 0 Å². The van der Waals surface area contributed by atoms with E-state index in [0.29, 0.717) is 30.6 Å². The Morgan fingerprint density at radius 2 is 1.81 bits per heavy atom. The Kier molecular flexibility index (Phi) is 4.70. The summed E-state index contributed by atoms with van der Waals surface area (Å²) < 4.78 is 16.3. The van der Waals surface area contributed by atoms with Gasteiger partial charge in [0.1, 0.15) is 5.75 Å². The van der Waals surface area contributed by atoms with Gasteiger partial charge in [-0.1, -0.05) is 35.5 Å². The van der Waals surface area contributed by atoms with Crippen LogP contribution in [0, 0.1) is 0 Å². The largest absolute Gasteiger partial charge is 0.497 e. The molecule has 0 saturated carbocycles. The fourth-order valence-corrected chi connectivity index (χ4v) is 2.86. The summed E-state index contributed by atoms with van der Waals surface area (Å²) in [4.78, 5) is 9.13. The molecule has 4 aromatic rings. The van der Waals surface area contributed by atoms with Crippen LogP contribution in [0.3, 0.4) is 0 Å². The van der Waals surface area contributed by atoms with Crippen molar-refractivity contribution in [2.45, 2.75) is 13.3 Å². The summed E-state index contributed by atoms with van der Waals surface area (Å²) in [5.74, 6) is 2.33. The first-order valence-electron chi connectivity index (χ1n) is 8.75. The van der Waals surface area contributed by atoms with E-state index in [1.54, 1.807) is 7.11 Å². The van der Waals surface area contributed by atoms with Crippen LogP contribution in [-0.4, -0.2) is 28.8 Å². The summed E-state index contributed by atoms with van der Waals surface area (Å²) >= 11 is 0. The summed E-state index contributed by atoms with van der Waals surface area (Å²) in [5.41, 5.74) is 2.65. The SMILES string of the molecule is CCOc1nc2ccccc2cc1-c1noc(Cc2ccc(OC)cc2)n1. The predicted octanol–water partition coefficient (Wildman–Crippen LogP) is 4.28. The number of hydrogen-bond acceptors (Lipinski definition) is 6. The zero-order valence-electron chi connectivity index (χ0n) is 15.2. The Morgan fingerprint density at radius 3 is 2.59 bits per heavy atom.